The normalized spacial score (nSPS) is 13.4. The van der Waals surface area contributed by atoms with Crippen molar-refractivity contribution in [1.29, 1.82) is 0 Å². The second-order valence-corrected chi connectivity index (χ2v) is 6.62. The van der Waals surface area contributed by atoms with Crippen molar-refractivity contribution in [2.24, 2.45) is 0 Å². The summed E-state index contributed by atoms with van der Waals surface area (Å²) in [4.78, 5) is 19.4. The fourth-order valence-corrected chi connectivity index (χ4v) is 3.47. The van der Waals surface area contributed by atoms with E-state index in [1.807, 2.05) is 47.4 Å². The van der Waals surface area contributed by atoms with Gasteiger partial charge < -0.3 is 4.90 Å². The zero-order chi connectivity index (χ0) is 18.9. The van der Waals surface area contributed by atoms with Crippen LogP contribution in [0.2, 0.25) is 0 Å². The predicted octanol–water partition coefficient (Wildman–Crippen LogP) is 2.25. The van der Waals surface area contributed by atoms with Gasteiger partial charge in [0.2, 0.25) is 0 Å². The Bertz CT molecular complexity index is 1120. The van der Waals surface area contributed by atoms with Crippen molar-refractivity contribution in [3.05, 3.63) is 78.1 Å². The van der Waals surface area contributed by atoms with Gasteiger partial charge in [-0.1, -0.05) is 36.4 Å². The highest BCUT2D eigenvalue weighted by atomic mass is 16.2. The first-order valence-corrected chi connectivity index (χ1v) is 9.02. The molecule has 1 amide bonds. The number of pyridine rings is 1. The summed E-state index contributed by atoms with van der Waals surface area (Å²) in [7, 11) is 0. The van der Waals surface area contributed by atoms with Crippen LogP contribution < -0.4 is 0 Å². The highest BCUT2D eigenvalue weighted by Crippen LogP contribution is 2.28. The average Bonchev–Trinajstić information content (AvgIpc) is 3.43. The van der Waals surface area contributed by atoms with E-state index in [1.54, 1.807) is 23.3 Å². The first-order valence-electron chi connectivity index (χ1n) is 9.02. The summed E-state index contributed by atoms with van der Waals surface area (Å²) in [5, 5.41) is 15.2. The number of aromatic amines is 1. The van der Waals surface area contributed by atoms with Gasteiger partial charge >= 0.3 is 0 Å². The topological polar surface area (TPSA) is 92.6 Å². The number of aromatic nitrogens is 6. The van der Waals surface area contributed by atoms with E-state index in [4.69, 9.17) is 0 Å². The van der Waals surface area contributed by atoms with Gasteiger partial charge in [-0.2, -0.15) is 5.10 Å². The number of fused-ring (bicyclic) bond motifs is 1. The minimum Gasteiger partial charge on any atom is -0.332 e. The van der Waals surface area contributed by atoms with Crippen molar-refractivity contribution in [2.75, 3.05) is 6.54 Å². The molecule has 5 rings (SSSR count). The standard InChI is InChI=1S/C20H17N7O/c28-20(17-7-4-8-18(23-17)27-12-21-22-13-27)26-10-9-16-15(11-26)19(25-24-16)14-5-2-1-3-6-14/h1-8,12-13H,9-11H2,(H,24,25). The molecule has 1 N–H and O–H groups in total. The lowest BCUT2D eigenvalue weighted by molar-refractivity contribution is 0.0728. The number of carbonyl (C=O) groups is 1. The number of nitrogens with one attached hydrogen (secondary N) is 1. The number of hydrogen-bond donors (Lipinski definition) is 1. The Kier molecular flexibility index (Phi) is 3.93. The number of carbonyl (C=O) groups excluding carboxylic acids is 1. The lowest BCUT2D eigenvalue weighted by atomic mass is 10.0. The molecule has 8 heteroatoms. The largest absolute Gasteiger partial charge is 0.332 e. The number of rotatable bonds is 3. The molecule has 0 fully saturated rings. The van der Waals surface area contributed by atoms with E-state index in [9.17, 15) is 4.79 Å². The van der Waals surface area contributed by atoms with Gasteiger partial charge in [-0.05, 0) is 12.1 Å². The van der Waals surface area contributed by atoms with Gasteiger partial charge in [-0.15, -0.1) is 10.2 Å². The second-order valence-electron chi connectivity index (χ2n) is 6.62. The molecule has 1 aliphatic rings. The molecule has 0 saturated carbocycles. The minimum atomic E-state index is -0.0965. The van der Waals surface area contributed by atoms with E-state index < -0.39 is 0 Å². The molecule has 4 heterocycles. The Balaban J connectivity index is 1.43. The van der Waals surface area contributed by atoms with Crippen molar-refractivity contribution >= 4 is 5.91 Å². The molecule has 0 radical (unpaired) electrons. The minimum absolute atomic E-state index is 0.0965. The first kappa shape index (κ1) is 16.4. The molecule has 1 aromatic carbocycles. The Hall–Kier alpha value is -3.81. The lowest BCUT2D eigenvalue weighted by Gasteiger charge is -2.27. The number of benzene rings is 1. The summed E-state index contributed by atoms with van der Waals surface area (Å²) >= 11 is 0. The van der Waals surface area contributed by atoms with Crippen LogP contribution in [0.25, 0.3) is 17.1 Å². The third kappa shape index (κ3) is 2.84. The van der Waals surface area contributed by atoms with Crippen LogP contribution in [0.15, 0.2) is 61.2 Å². The van der Waals surface area contributed by atoms with Gasteiger partial charge in [0.15, 0.2) is 0 Å². The third-order valence-electron chi connectivity index (χ3n) is 4.90. The van der Waals surface area contributed by atoms with Crippen molar-refractivity contribution in [3.8, 4) is 17.1 Å². The van der Waals surface area contributed by atoms with Crippen LogP contribution in [0.4, 0.5) is 0 Å². The van der Waals surface area contributed by atoms with Gasteiger partial charge in [0.05, 0.1) is 12.2 Å². The zero-order valence-electron chi connectivity index (χ0n) is 15.0. The van der Waals surface area contributed by atoms with Crippen LogP contribution >= 0.6 is 0 Å². The summed E-state index contributed by atoms with van der Waals surface area (Å²) in [6.07, 6.45) is 3.86. The molecule has 3 aromatic heterocycles. The molecular formula is C20H17N7O. The molecule has 0 spiro atoms. The van der Waals surface area contributed by atoms with Crippen molar-refractivity contribution in [2.45, 2.75) is 13.0 Å². The molecule has 1 aliphatic heterocycles. The molecule has 0 unspecified atom stereocenters. The molecule has 0 aliphatic carbocycles. The molecule has 138 valence electrons. The van der Waals surface area contributed by atoms with Crippen LogP contribution in [-0.2, 0) is 13.0 Å². The van der Waals surface area contributed by atoms with Gasteiger partial charge in [-0.25, -0.2) is 4.98 Å². The van der Waals surface area contributed by atoms with Gasteiger partial charge in [0.25, 0.3) is 5.91 Å². The SMILES string of the molecule is O=C(c1cccc(-n2cnnc2)n1)N1CCc2[nH]nc(-c3ccccc3)c2C1. The van der Waals surface area contributed by atoms with Crippen LogP contribution in [0.1, 0.15) is 21.7 Å². The van der Waals surface area contributed by atoms with Gasteiger partial charge in [0.1, 0.15) is 24.2 Å². The van der Waals surface area contributed by atoms with E-state index >= 15 is 0 Å². The highest BCUT2D eigenvalue weighted by Gasteiger charge is 2.27. The fourth-order valence-electron chi connectivity index (χ4n) is 3.47. The summed E-state index contributed by atoms with van der Waals surface area (Å²) in [5.74, 6) is 0.516. The van der Waals surface area contributed by atoms with Gasteiger partial charge in [-0.3, -0.25) is 14.5 Å². The summed E-state index contributed by atoms with van der Waals surface area (Å²) in [5.41, 5.74) is 4.51. The zero-order valence-corrected chi connectivity index (χ0v) is 15.0. The van der Waals surface area contributed by atoms with E-state index in [2.05, 4.69) is 25.4 Å². The Morgan fingerprint density at radius 1 is 1.00 bits per heavy atom. The van der Waals surface area contributed by atoms with Crippen LogP contribution in [0.5, 0.6) is 0 Å². The van der Waals surface area contributed by atoms with Crippen molar-refractivity contribution in [3.63, 3.8) is 0 Å². The van der Waals surface area contributed by atoms with Crippen LogP contribution in [0.3, 0.4) is 0 Å². The second kappa shape index (κ2) is 6.73. The highest BCUT2D eigenvalue weighted by molar-refractivity contribution is 5.92. The number of H-pyrrole nitrogens is 1. The molecular weight excluding hydrogens is 354 g/mol. The maximum atomic E-state index is 13.1. The molecule has 8 nitrogen and oxygen atoms in total. The number of amides is 1. The number of nitrogens with zero attached hydrogens (tertiary/aromatic N) is 6. The molecule has 0 bridgehead atoms. The van der Waals surface area contributed by atoms with E-state index in [1.165, 1.54) is 0 Å². The van der Waals surface area contributed by atoms with Gasteiger partial charge in [0, 0.05) is 29.8 Å². The maximum Gasteiger partial charge on any atom is 0.272 e. The summed E-state index contributed by atoms with van der Waals surface area (Å²) < 4.78 is 1.68. The monoisotopic (exact) mass is 371 g/mol. The molecule has 28 heavy (non-hydrogen) atoms. The average molecular weight is 371 g/mol. The first-order chi connectivity index (χ1) is 13.8. The Labute approximate surface area is 160 Å². The van der Waals surface area contributed by atoms with Crippen molar-refractivity contribution < 1.29 is 4.79 Å². The quantitative estimate of drug-likeness (QED) is 0.596. The summed E-state index contributed by atoms with van der Waals surface area (Å²) in [6.45, 7) is 1.13. The third-order valence-corrected chi connectivity index (χ3v) is 4.90. The molecule has 0 atom stereocenters. The number of hydrogen-bond acceptors (Lipinski definition) is 5. The van der Waals surface area contributed by atoms with E-state index in [0.717, 1.165) is 28.9 Å². The lowest BCUT2D eigenvalue weighted by Crippen LogP contribution is -2.36. The van der Waals surface area contributed by atoms with Crippen LogP contribution in [0, 0.1) is 0 Å². The molecule has 0 saturated heterocycles. The Morgan fingerprint density at radius 3 is 2.64 bits per heavy atom. The van der Waals surface area contributed by atoms with E-state index in [0.29, 0.717) is 24.6 Å². The van der Waals surface area contributed by atoms with Crippen molar-refractivity contribution in [1.82, 2.24) is 34.8 Å². The van der Waals surface area contributed by atoms with Crippen LogP contribution in [-0.4, -0.2) is 47.3 Å². The Morgan fingerprint density at radius 2 is 1.82 bits per heavy atom. The molecule has 4 aromatic rings. The maximum absolute atomic E-state index is 13.1. The fraction of sp³-hybridized carbons (Fsp3) is 0.150. The van der Waals surface area contributed by atoms with E-state index in [-0.39, 0.29) is 5.91 Å². The predicted molar refractivity (Wildman–Crippen MR) is 102 cm³/mol. The summed E-state index contributed by atoms with van der Waals surface area (Å²) in [6, 6.07) is 15.4. The smallest absolute Gasteiger partial charge is 0.272 e.